The van der Waals surface area contributed by atoms with Crippen LogP contribution in [0.2, 0.25) is 0 Å². The van der Waals surface area contributed by atoms with Gasteiger partial charge >= 0.3 is 6.03 Å². The van der Waals surface area contributed by atoms with Crippen LogP contribution in [0.4, 0.5) is 19.3 Å². The minimum atomic E-state index is -0.628. The lowest BCUT2D eigenvalue weighted by Gasteiger charge is -2.10. The smallest absolute Gasteiger partial charge is 0.319 e. The lowest BCUT2D eigenvalue weighted by atomic mass is 10.2. The number of urea groups is 1. The molecule has 2 aromatic rings. The molecule has 0 bridgehead atoms. The maximum absolute atomic E-state index is 12.3. The van der Waals surface area contributed by atoms with E-state index in [1.54, 1.807) is 12.1 Å². The van der Waals surface area contributed by atoms with Crippen molar-refractivity contribution in [1.82, 2.24) is 10.6 Å². The number of rotatable bonds is 3. The van der Waals surface area contributed by atoms with Crippen molar-refractivity contribution in [1.29, 1.82) is 0 Å². The summed E-state index contributed by atoms with van der Waals surface area (Å²) in [5, 5.41) is 7.93. The Hall–Kier alpha value is -3.16. The van der Waals surface area contributed by atoms with E-state index in [1.807, 2.05) is 18.2 Å². The van der Waals surface area contributed by atoms with Crippen LogP contribution in [0.15, 0.2) is 48.5 Å². The van der Waals surface area contributed by atoms with Crippen LogP contribution in [-0.2, 0) is 4.79 Å². The highest BCUT2D eigenvalue weighted by Gasteiger charge is 2.25. The van der Waals surface area contributed by atoms with Crippen molar-refractivity contribution < 1.29 is 23.1 Å². The van der Waals surface area contributed by atoms with Gasteiger partial charge in [0.05, 0.1) is 7.11 Å². The summed E-state index contributed by atoms with van der Waals surface area (Å²) in [6, 6.07) is 11.4. The first kappa shape index (κ1) is 19.2. The second-order valence-corrected chi connectivity index (χ2v) is 5.41. The number of halogens is 2. The van der Waals surface area contributed by atoms with Gasteiger partial charge in [-0.1, -0.05) is 18.2 Å². The first-order valence-corrected chi connectivity index (χ1v) is 7.88. The molecule has 1 saturated heterocycles. The fourth-order valence-corrected chi connectivity index (χ4v) is 2.23. The van der Waals surface area contributed by atoms with E-state index in [2.05, 4.69) is 20.7 Å². The quantitative estimate of drug-likeness (QED) is 0.784. The van der Waals surface area contributed by atoms with Crippen LogP contribution in [0.5, 0.6) is 5.75 Å². The molecule has 1 heterocycles. The van der Waals surface area contributed by atoms with Gasteiger partial charge in [0, 0.05) is 30.4 Å². The predicted octanol–water partition coefficient (Wildman–Crippen LogP) is 2.67. The third-order valence-corrected chi connectivity index (χ3v) is 3.46. The molecule has 1 unspecified atom stereocenters. The van der Waals surface area contributed by atoms with Crippen LogP contribution in [-0.4, -0.2) is 31.6 Å². The lowest BCUT2D eigenvalue weighted by molar-refractivity contribution is -0.120. The molecule has 2 aromatic carbocycles. The predicted molar refractivity (Wildman–Crippen MR) is 92.9 cm³/mol. The number of amides is 3. The Labute approximate surface area is 149 Å². The highest BCUT2D eigenvalue weighted by Crippen LogP contribution is 2.13. The fourth-order valence-electron chi connectivity index (χ4n) is 2.23. The zero-order valence-electron chi connectivity index (χ0n) is 14.1. The number of para-hydroxylation sites is 1. The summed E-state index contributed by atoms with van der Waals surface area (Å²) in [4.78, 5) is 22.7. The van der Waals surface area contributed by atoms with Gasteiger partial charge in [0.1, 0.15) is 23.4 Å². The van der Waals surface area contributed by atoms with E-state index in [4.69, 9.17) is 0 Å². The molecule has 1 fully saturated rings. The van der Waals surface area contributed by atoms with E-state index in [0.29, 0.717) is 18.7 Å². The molecule has 0 radical (unpaired) electrons. The van der Waals surface area contributed by atoms with Gasteiger partial charge < -0.3 is 20.7 Å². The molecule has 0 saturated carbocycles. The van der Waals surface area contributed by atoms with Crippen LogP contribution in [0, 0.1) is 11.6 Å². The normalized spacial score (nSPS) is 15.3. The SMILES string of the molecule is COc1cc(F)cc(F)c1.O=C(Nc1ccccc1)NC1CCNC1=O. The molecule has 0 aliphatic carbocycles. The van der Waals surface area contributed by atoms with Gasteiger partial charge in [0.25, 0.3) is 0 Å². The third-order valence-electron chi connectivity index (χ3n) is 3.46. The van der Waals surface area contributed by atoms with Crippen molar-refractivity contribution in [3.05, 3.63) is 60.2 Å². The van der Waals surface area contributed by atoms with E-state index in [1.165, 1.54) is 7.11 Å². The third kappa shape index (κ3) is 6.04. The standard InChI is InChI=1S/C11H13N3O2.C7H6F2O/c15-10-9(6-7-12-10)14-11(16)13-8-4-2-1-3-5-8;1-10-7-3-5(8)2-6(9)4-7/h1-5,9H,6-7H2,(H,12,15)(H2,13,14,16);2-4H,1H3. The van der Waals surface area contributed by atoms with Gasteiger partial charge in [-0.15, -0.1) is 0 Å². The van der Waals surface area contributed by atoms with Crippen LogP contribution in [0.3, 0.4) is 0 Å². The van der Waals surface area contributed by atoms with Crippen molar-refractivity contribution in [2.45, 2.75) is 12.5 Å². The van der Waals surface area contributed by atoms with Crippen LogP contribution in [0.1, 0.15) is 6.42 Å². The first-order valence-electron chi connectivity index (χ1n) is 7.88. The van der Waals surface area contributed by atoms with E-state index in [9.17, 15) is 18.4 Å². The summed E-state index contributed by atoms with van der Waals surface area (Å²) in [6.07, 6.45) is 0.640. The Morgan fingerprint density at radius 1 is 1.15 bits per heavy atom. The van der Waals surface area contributed by atoms with Gasteiger partial charge in [-0.3, -0.25) is 4.79 Å². The molecule has 0 aromatic heterocycles. The van der Waals surface area contributed by atoms with Gasteiger partial charge in [-0.25, -0.2) is 13.6 Å². The number of hydrogen-bond acceptors (Lipinski definition) is 3. The van der Waals surface area contributed by atoms with Gasteiger partial charge in [-0.05, 0) is 18.6 Å². The van der Waals surface area contributed by atoms with Crippen LogP contribution < -0.4 is 20.7 Å². The number of hydrogen-bond donors (Lipinski definition) is 3. The molecule has 138 valence electrons. The first-order chi connectivity index (χ1) is 12.5. The summed E-state index contributed by atoms with van der Waals surface area (Å²) in [6.45, 7) is 0.620. The molecule has 8 heteroatoms. The molecule has 26 heavy (non-hydrogen) atoms. The Balaban J connectivity index is 0.000000209. The minimum Gasteiger partial charge on any atom is -0.497 e. The number of benzene rings is 2. The maximum Gasteiger partial charge on any atom is 0.319 e. The lowest BCUT2D eigenvalue weighted by Crippen LogP contribution is -2.42. The maximum atomic E-state index is 12.3. The van der Waals surface area contributed by atoms with Gasteiger partial charge in [-0.2, -0.15) is 0 Å². The van der Waals surface area contributed by atoms with E-state index < -0.39 is 17.7 Å². The molecule has 1 aliphatic heterocycles. The molecule has 1 atom stereocenters. The molecule has 3 rings (SSSR count). The summed E-state index contributed by atoms with van der Waals surface area (Å²) >= 11 is 0. The number of carbonyl (C=O) groups is 2. The van der Waals surface area contributed by atoms with Crippen LogP contribution in [0.25, 0.3) is 0 Å². The molecule has 6 nitrogen and oxygen atoms in total. The number of nitrogens with one attached hydrogen (secondary N) is 3. The Bertz CT molecular complexity index is 736. The van der Waals surface area contributed by atoms with Crippen molar-refractivity contribution in [3.63, 3.8) is 0 Å². The van der Waals surface area contributed by atoms with E-state index in [0.717, 1.165) is 18.2 Å². The average molecular weight is 363 g/mol. The molecule has 0 spiro atoms. The van der Waals surface area contributed by atoms with Gasteiger partial charge in [0.2, 0.25) is 5.91 Å². The molecular weight excluding hydrogens is 344 g/mol. The highest BCUT2D eigenvalue weighted by atomic mass is 19.1. The summed E-state index contributed by atoms with van der Waals surface area (Å²) < 4.78 is 29.2. The van der Waals surface area contributed by atoms with Crippen LogP contribution >= 0.6 is 0 Å². The monoisotopic (exact) mass is 363 g/mol. The largest absolute Gasteiger partial charge is 0.497 e. The second-order valence-electron chi connectivity index (χ2n) is 5.41. The zero-order valence-corrected chi connectivity index (χ0v) is 14.1. The number of anilines is 1. The van der Waals surface area contributed by atoms with Crippen molar-refractivity contribution >= 4 is 17.6 Å². The number of methoxy groups -OCH3 is 1. The van der Waals surface area contributed by atoms with Crippen molar-refractivity contribution in [3.8, 4) is 5.75 Å². The molecular formula is C18H19F2N3O3. The average Bonchev–Trinajstić information content (AvgIpc) is 3.00. The van der Waals surface area contributed by atoms with E-state index >= 15 is 0 Å². The fraction of sp³-hybridized carbons (Fsp3) is 0.222. The Morgan fingerprint density at radius 2 is 1.81 bits per heavy atom. The second kappa shape index (κ2) is 9.36. The van der Waals surface area contributed by atoms with Crippen molar-refractivity contribution in [2.24, 2.45) is 0 Å². The topological polar surface area (TPSA) is 79.5 Å². The zero-order chi connectivity index (χ0) is 18.9. The molecule has 3 amide bonds. The summed E-state index contributed by atoms with van der Waals surface area (Å²) in [5.41, 5.74) is 0.707. The van der Waals surface area contributed by atoms with E-state index in [-0.39, 0.29) is 17.7 Å². The minimum absolute atomic E-state index is 0.122. The summed E-state index contributed by atoms with van der Waals surface area (Å²) in [7, 11) is 1.36. The van der Waals surface area contributed by atoms with Crippen molar-refractivity contribution in [2.75, 3.05) is 19.0 Å². The Kier molecular flexibility index (Phi) is 6.90. The summed E-state index contributed by atoms with van der Waals surface area (Å²) in [5.74, 6) is -1.19. The Morgan fingerprint density at radius 3 is 2.35 bits per heavy atom. The number of carbonyl (C=O) groups excluding carboxylic acids is 2. The number of ether oxygens (including phenoxy) is 1. The molecule has 1 aliphatic rings. The molecule has 3 N–H and O–H groups in total. The highest BCUT2D eigenvalue weighted by molar-refractivity contribution is 5.94. The van der Waals surface area contributed by atoms with Gasteiger partial charge in [0.15, 0.2) is 0 Å².